The van der Waals surface area contributed by atoms with Crippen molar-refractivity contribution in [3.05, 3.63) is 12.4 Å². The van der Waals surface area contributed by atoms with Crippen LogP contribution in [0.5, 0.6) is 0 Å². The number of nitrogens with zero attached hydrogens (tertiary/aromatic N) is 3. The van der Waals surface area contributed by atoms with Gasteiger partial charge in [-0.25, -0.2) is 12.7 Å². The summed E-state index contributed by atoms with van der Waals surface area (Å²) in [5.41, 5.74) is 2.40. The Hall–Kier alpha value is -1.49. The van der Waals surface area contributed by atoms with Crippen molar-refractivity contribution in [1.29, 1.82) is 0 Å². The molecule has 11 heteroatoms. The van der Waals surface area contributed by atoms with E-state index in [9.17, 15) is 26.4 Å². The Morgan fingerprint density at radius 2 is 1.82 bits per heavy atom. The predicted octanol–water partition coefficient (Wildman–Crippen LogP) is 0.255. The van der Waals surface area contributed by atoms with Gasteiger partial charge in [-0.3, -0.25) is 20.1 Å². The van der Waals surface area contributed by atoms with E-state index in [0.29, 0.717) is 12.8 Å². The van der Waals surface area contributed by atoms with Gasteiger partial charge in [-0.15, -0.1) is 0 Å². The van der Waals surface area contributed by atoms with E-state index in [1.807, 2.05) is 0 Å². The number of carbonyl (C=O) groups excluding carboxylic acids is 1. The van der Waals surface area contributed by atoms with Crippen LogP contribution in [0.3, 0.4) is 0 Å². The summed E-state index contributed by atoms with van der Waals surface area (Å²) in [6.07, 6.45) is -0.715. The summed E-state index contributed by atoms with van der Waals surface area (Å²) >= 11 is 0. The highest BCUT2D eigenvalue weighted by Gasteiger charge is 2.38. The Kier molecular flexibility index (Phi) is 4.57. The Labute approximate surface area is 126 Å². The maximum absolute atomic E-state index is 12.5. The van der Waals surface area contributed by atoms with Crippen LogP contribution in [0, 0.1) is 5.92 Å². The number of piperidine rings is 1. The lowest BCUT2D eigenvalue weighted by Crippen LogP contribution is -2.48. The molecule has 2 aliphatic rings. The van der Waals surface area contributed by atoms with Crippen molar-refractivity contribution < 1.29 is 26.4 Å². The Bertz CT molecular complexity index is 555. The van der Waals surface area contributed by atoms with Gasteiger partial charge in [0.2, 0.25) is 15.9 Å². The lowest BCUT2D eigenvalue weighted by Gasteiger charge is -2.31. The summed E-state index contributed by atoms with van der Waals surface area (Å²) < 4.78 is 61.4. The van der Waals surface area contributed by atoms with Crippen LogP contribution in [0.1, 0.15) is 12.8 Å². The summed E-state index contributed by atoms with van der Waals surface area (Å²) in [7, 11) is -3.27. The van der Waals surface area contributed by atoms with E-state index in [2.05, 4.69) is 5.43 Å². The molecule has 0 aromatic rings. The Balaban J connectivity index is 1.82. The van der Waals surface area contributed by atoms with Crippen LogP contribution < -0.4 is 5.43 Å². The molecule has 0 spiro atoms. The second kappa shape index (κ2) is 5.95. The largest absolute Gasteiger partial charge is 0.485 e. The van der Waals surface area contributed by atoms with Crippen molar-refractivity contribution in [2.45, 2.75) is 19.1 Å². The van der Waals surface area contributed by atoms with Crippen molar-refractivity contribution >= 4 is 15.9 Å². The van der Waals surface area contributed by atoms with Crippen LogP contribution in [0.25, 0.3) is 0 Å². The predicted molar refractivity (Wildman–Crippen MR) is 71.0 cm³/mol. The van der Waals surface area contributed by atoms with E-state index in [-0.39, 0.29) is 18.0 Å². The molecule has 0 radical (unpaired) electrons. The quantitative estimate of drug-likeness (QED) is 0.745. The number of rotatable bonds is 3. The number of hydrazine groups is 1. The van der Waals surface area contributed by atoms with E-state index < -0.39 is 34.8 Å². The molecule has 1 amide bonds. The molecule has 0 atom stereocenters. The van der Waals surface area contributed by atoms with Crippen LogP contribution in [0.4, 0.5) is 13.2 Å². The highest BCUT2D eigenvalue weighted by molar-refractivity contribution is 7.88. The molecule has 2 aliphatic heterocycles. The third kappa shape index (κ3) is 4.03. The molecule has 2 rings (SSSR count). The molecule has 0 aliphatic carbocycles. The maximum atomic E-state index is 12.5. The number of alkyl halides is 3. The molecule has 2 heterocycles. The lowest BCUT2D eigenvalue weighted by molar-refractivity contribution is -0.231. The van der Waals surface area contributed by atoms with E-state index >= 15 is 0 Å². The lowest BCUT2D eigenvalue weighted by atomic mass is 9.97. The number of nitrogens with one attached hydrogen (secondary N) is 1. The van der Waals surface area contributed by atoms with Gasteiger partial charge in [0, 0.05) is 31.4 Å². The molecular formula is C11H17F3N4O3S. The molecule has 1 fully saturated rings. The van der Waals surface area contributed by atoms with Gasteiger partial charge in [0.15, 0.2) is 0 Å². The summed E-state index contributed by atoms with van der Waals surface area (Å²) in [5.74, 6) is -0.812. The standard InChI is InChI=1S/C11H17F3N4O3S/c1-22(20,21)18-4-2-9(3-5-18)10(19)15-17-7-6-16(8-17)11(12,13)14/h6-7,9H,2-5,8H2,1H3,(H,15,19). The average molecular weight is 342 g/mol. The maximum Gasteiger partial charge on any atom is 0.485 e. The highest BCUT2D eigenvalue weighted by Crippen LogP contribution is 2.25. The molecule has 0 aromatic heterocycles. The minimum Gasteiger partial charge on any atom is -0.273 e. The molecule has 1 N–H and O–H groups in total. The molecule has 1 saturated heterocycles. The number of hydrogen-bond donors (Lipinski definition) is 1. The molecule has 0 aromatic carbocycles. The van der Waals surface area contributed by atoms with Crippen molar-refractivity contribution in [2.24, 2.45) is 5.92 Å². The van der Waals surface area contributed by atoms with Crippen molar-refractivity contribution in [3.8, 4) is 0 Å². The minimum absolute atomic E-state index is 0.138. The first kappa shape index (κ1) is 16.9. The first-order valence-electron chi connectivity index (χ1n) is 6.61. The Morgan fingerprint density at radius 1 is 1.23 bits per heavy atom. The number of sulfonamides is 1. The summed E-state index contributed by atoms with van der Waals surface area (Å²) in [5, 5.41) is 1.05. The molecule has 7 nitrogen and oxygen atoms in total. The van der Waals surface area contributed by atoms with E-state index in [1.54, 1.807) is 0 Å². The van der Waals surface area contributed by atoms with Gasteiger partial charge in [-0.2, -0.15) is 13.2 Å². The van der Waals surface area contributed by atoms with Gasteiger partial charge in [-0.1, -0.05) is 0 Å². The number of amides is 1. The van der Waals surface area contributed by atoms with Gasteiger partial charge in [0.25, 0.3) is 0 Å². The van der Waals surface area contributed by atoms with Crippen LogP contribution in [-0.4, -0.2) is 60.9 Å². The second-order valence-electron chi connectivity index (χ2n) is 5.26. The zero-order chi connectivity index (χ0) is 16.5. The van der Waals surface area contributed by atoms with Gasteiger partial charge < -0.3 is 0 Å². The minimum atomic E-state index is -4.49. The van der Waals surface area contributed by atoms with Crippen LogP contribution >= 0.6 is 0 Å². The van der Waals surface area contributed by atoms with Crippen LogP contribution in [0.15, 0.2) is 12.4 Å². The molecule has 0 bridgehead atoms. The third-order valence-electron chi connectivity index (χ3n) is 3.60. The van der Waals surface area contributed by atoms with Gasteiger partial charge in [-0.05, 0) is 12.8 Å². The summed E-state index contributed by atoms with van der Waals surface area (Å²) in [6.45, 7) is -0.0275. The molecule has 126 valence electrons. The highest BCUT2D eigenvalue weighted by atomic mass is 32.2. The first-order chi connectivity index (χ1) is 10.1. The normalized spacial score (nSPS) is 21.5. The fourth-order valence-corrected chi connectivity index (χ4v) is 3.21. The monoisotopic (exact) mass is 342 g/mol. The van der Waals surface area contributed by atoms with Gasteiger partial charge in [0.05, 0.1) is 6.26 Å². The first-order valence-corrected chi connectivity index (χ1v) is 8.46. The smallest absolute Gasteiger partial charge is 0.273 e. The van der Waals surface area contributed by atoms with Gasteiger partial charge >= 0.3 is 6.30 Å². The zero-order valence-corrected chi connectivity index (χ0v) is 12.7. The number of carbonyl (C=O) groups is 1. The van der Waals surface area contributed by atoms with Crippen LogP contribution in [0.2, 0.25) is 0 Å². The SMILES string of the molecule is CS(=O)(=O)N1CCC(C(=O)NN2C=CN(C(F)(F)F)C2)CC1. The third-order valence-corrected chi connectivity index (χ3v) is 4.91. The van der Waals surface area contributed by atoms with E-state index in [4.69, 9.17) is 0 Å². The number of hydrogen-bond acceptors (Lipinski definition) is 5. The second-order valence-corrected chi connectivity index (χ2v) is 7.24. The van der Waals surface area contributed by atoms with Crippen molar-refractivity contribution in [3.63, 3.8) is 0 Å². The summed E-state index contributed by atoms with van der Waals surface area (Å²) in [4.78, 5) is 12.2. The molecule has 22 heavy (non-hydrogen) atoms. The Morgan fingerprint density at radius 3 is 2.27 bits per heavy atom. The molecular weight excluding hydrogens is 325 g/mol. The fourth-order valence-electron chi connectivity index (χ4n) is 2.34. The van der Waals surface area contributed by atoms with Crippen molar-refractivity contribution in [2.75, 3.05) is 26.0 Å². The zero-order valence-electron chi connectivity index (χ0n) is 11.9. The van der Waals surface area contributed by atoms with Crippen molar-refractivity contribution in [1.82, 2.24) is 19.6 Å². The number of halogens is 3. The van der Waals surface area contributed by atoms with E-state index in [0.717, 1.165) is 23.7 Å². The summed E-state index contributed by atoms with van der Waals surface area (Å²) in [6, 6.07) is 0. The topological polar surface area (TPSA) is 73.0 Å². The average Bonchev–Trinajstić information content (AvgIpc) is 2.86. The fraction of sp³-hybridized carbons (Fsp3) is 0.727. The molecule has 0 unspecified atom stereocenters. The van der Waals surface area contributed by atoms with Crippen LogP contribution in [-0.2, 0) is 14.8 Å². The van der Waals surface area contributed by atoms with E-state index in [1.165, 1.54) is 4.31 Å². The van der Waals surface area contributed by atoms with Gasteiger partial charge in [0.1, 0.15) is 6.67 Å². The molecule has 0 saturated carbocycles.